The highest BCUT2D eigenvalue weighted by Crippen LogP contribution is 2.28. The van der Waals surface area contributed by atoms with Crippen molar-refractivity contribution in [2.75, 3.05) is 20.1 Å². The highest BCUT2D eigenvalue weighted by atomic mass is 16.2. The number of hydrogen-bond acceptors (Lipinski definition) is 5. The van der Waals surface area contributed by atoms with Crippen molar-refractivity contribution in [3.8, 4) is 0 Å². The number of amides is 3. The number of fused-ring (bicyclic) bond motifs is 3. The van der Waals surface area contributed by atoms with Crippen molar-refractivity contribution < 1.29 is 9.59 Å². The number of carbonyl (C=O) groups excluding carboxylic acids is 2. The predicted molar refractivity (Wildman–Crippen MR) is 88.7 cm³/mol. The molecule has 1 aromatic carbocycles. The summed E-state index contributed by atoms with van der Waals surface area (Å²) in [6.45, 7) is 4.74. The Labute approximate surface area is 141 Å². The van der Waals surface area contributed by atoms with Gasteiger partial charge in [-0.15, -0.1) is 0 Å². The molecule has 3 unspecified atom stereocenters. The summed E-state index contributed by atoms with van der Waals surface area (Å²) in [7, 11) is 1.73. The maximum Gasteiger partial charge on any atom is 0.325 e. The Balaban J connectivity index is 1.56. The average molecular weight is 329 g/mol. The Morgan fingerprint density at radius 1 is 1.17 bits per heavy atom. The summed E-state index contributed by atoms with van der Waals surface area (Å²) >= 11 is 0. The minimum Gasteiger partial charge on any atom is -0.310 e. The lowest BCUT2D eigenvalue weighted by atomic mass is 10.1. The summed E-state index contributed by atoms with van der Waals surface area (Å²) < 4.78 is 0. The zero-order chi connectivity index (χ0) is 16.8. The van der Waals surface area contributed by atoms with Gasteiger partial charge >= 0.3 is 6.03 Å². The van der Waals surface area contributed by atoms with Crippen molar-refractivity contribution in [2.45, 2.75) is 38.4 Å². The second-order valence-corrected chi connectivity index (χ2v) is 6.88. The molecule has 3 saturated heterocycles. The number of benzene rings is 1. The van der Waals surface area contributed by atoms with Gasteiger partial charge in [-0.2, -0.15) is 0 Å². The van der Waals surface area contributed by atoms with Crippen LogP contribution in [0.1, 0.15) is 17.5 Å². The van der Waals surface area contributed by atoms with E-state index in [1.165, 1.54) is 11.1 Å². The summed E-state index contributed by atoms with van der Waals surface area (Å²) in [5.41, 5.74) is 2.51. The number of carbonyl (C=O) groups is 2. The number of aryl methyl sites for hydroxylation is 1. The molecule has 3 aliphatic heterocycles. The molecule has 0 radical (unpaired) electrons. The Kier molecular flexibility index (Phi) is 3.79. The van der Waals surface area contributed by atoms with Gasteiger partial charge in [-0.3, -0.25) is 25.2 Å². The predicted octanol–water partition coefficient (Wildman–Crippen LogP) is 0.266. The van der Waals surface area contributed by atoms with Gasteiger partial charge in [0.1, 0.15) is 18.5 Å². The van der Waals surface area contributed by atoms with Gasteiger partial charge in [0, 0.05) is 26.7 Å². The molecular formula is C17H23N5O2. The zero-order valence-electron chi connectivity index (χ0n) is 14.0. The van der Waals surface area contributed by atoms with Gasteiger partial charge in [0.25, 0.3) is 0 Å². The van der Waals surface area contributed by atoms with Crippen molar-refractivity contribution in [1.82, 2.24) is 25.3 Å². The third kappa shape index (κ3) is 2.49. The van der Waals surface area contributed by atoms with E-state index < -0.39 is 0 Å². The maximum atomic E-state index is 12.3. The van der Waals surface area contributed by atoms with Crippen molar-refractivity contribution in [2.24, 2.45) is 0 Å². The molecule has 7 nitrogen and oxygen atoms in total. The van der Waals surface area contributed by atoms with Crippen LogP contribution in [-0.4, -0.2) is 65.3 Å². The van der Waals surface area contributed by atoms with Crippen LogP contribution < -0.4 is 10.6 Å². The quantitative estimate of drug-likeness (QED) is 0.815. The lowest BCUT2D eigenvalue weighted by molar-refractivity contribution is -0.129. The molecule has 3 atom stereocenters. The Morgan fingerprint density at radius 2 is 1.92 bits per heavy atom. The topological polar surface area (TPSA) is 67.9 Å². The Morgan fingerprint density at radius 3 is 2.67 bits per heavy atom. The molecule has 3 heterocycles. The molecule has 3 aliphatic rings. The first-order chi connectivity index (χ1) is 11.5. The molecule has 3 fully saturated rings. The van der Waals surface area contributed by atoms with Gasteiger partial charge < -0.3 is 4.90 Å². The van der Waals surface area contributed by atoms with Crippen molar-refractivity contribution in [1.29, 1.82) is 0 Å². The normalized spacial score (nSPS) is 30.9. The summed E-state index contributed by atoms with van der Waals surface area (Å²) in [6, 6.07) is 7.90. The standard InChI is InChI=1S/C17H23N5O2/c1-11-4-6-12(7-5-11)10-21-8-3-9-22-13-14(18-16(21)22)20(2)17(24)19-15(13)23/h4-7,13-14,16,18H,3,8-10H2,1-2H3,(H,19,23,24). The third-order valence-corrected chi connectivity index (χ3v) is 5.24. The molecule has 0 bridgehead atoms. The molecule has 0 saturated carbocycles. The first-order valence-corrected chi connectivity index (χ1v) is 8.43. The zero-order valence-corrected chi connectivity index (χ0v) is 14.0. The Hall–Kier alpha value is -1.96. The molecule has 7 heteroatoms. The smallest absolute Gasteiger partial charge is 0.310 e. The molecular weight excluding hydrogens is 306 g/mol. The van der Waals surface area contributed by atoms with Crippen LogP contribution in [0.3, 0.4) is 0 Å². The van der Waals surface area contributed by atoms with Crippen molar-refractivity contribution in [3.05, 3.63) is 35.4 Å². The van der Waals surface area contributed by atoms with Crippen LogP contribution in [0.5, 0.6) is 0 Å². The summed E-state index contributed by atoms with van der Waals surface area (Å²) in [6.07, 6.45) is 0.724. The summed E-state index contributed by atoms with van der Waals surface area (Å²) in [5, 5.41) is 5.94. The number of nitrogens with zero attached hydrogens (tertiary/aromatic N) is 3. The van der Waals surface area contributed by atoms with Gasteiger partial charge in [0.05, 0.1) is 0 Å². The first kappa shape index (κ1) is 15.6. The third-order valence-electron chi connectivity index (χ3n) is 5.24. The molecule has 4 rings (SSSR count). The van der Waals surface area contributed by atoms with Crippen LogP contribution in [0.2, 0.25) is 0 Å². The van der Waals surface area contributed by atoms with E-state index in [2.05, 4.69) is 51.6 Å². The lowest BCUT2D eigenvalue weighted by Crippen LogP contribution is -2.65. The van der Waals surface area contributed by atoms with Gasteiger partial charge in [0.15, 0.2) is 0 Å². The van der Waals surface area contributed by atoms with E-state index in [0.717, 1.165) is 26.1 Å². The number of imide groups is 1. The average Bonchev–Trinajstić information content (AvgIpc) is 2.96. The van der Waals surface area contributed by atoms with Crippen LogP contribution in [0.25, 0.3) is 0 Å². The van der Waals surface area contributed by atoms with Gasteiger partial charge in [0.2, 0.25) is 5.91 Å². The second-order valence-electron chi connectivity index (χ2n) is 6.88. The van der Waals surface area contributed by atoms with Crippen molar-refractivity contribution >= 4 is 11.9 Å². The minimum absolute atomic E-state index is 0.0193. The SMILES string of the molecule is Cc1ccc(CN2CCCN3C4C(=O)NC(=O)N(C)C4NC23)cc1. The highest BCUT2D eigenvalue weighted by Gasteiger charge is 2.53. The number of nitrogens with one attached hydrogen (secondary N) is 2. The van der Waals surface area contributed by atoms with Crippen LogP contribution in [0.15, 0.2) is 24.3 Å². The van der Waals surface area contributed by atoms with Gasteiger partial charge in [-0.1, -0.05) is 29.8 Å². The monoisotopic (exact) mass is 329 g/mol. The lowest BCUT2D eigenvalue weighted by Gasteiger charge is -2.41. The van der Waals surface area contributed by atoms with E-state index in [-0.39, 0.29) is 30.4 Å². The number of likely N-dealkylation sites (N-methyl/N-ethyl adjacent to an activating group) is 1. The fourth-order valence-corrected chi connectivity index (χ4v) is 3.93. The highest BCUT2D eigenvalue weighted by molar-refractivity contribution is 6.00. The van der Waals surface area contributed by atoms with E-state index in [1.807, 2.05) is 0 Å². The van der Waals surface area contributed by atoms with E-state index in [9.17, 15) is 9.59 Å². The number of rotatable bonds is 2. The molecule has 3 amide bonds. The maximum absolute atomic E-state index is 12.3. The fraction of sp³-hybridized carbons (Fsp3) is 0.529. The molecule has 0 spiro atoms. The molecule has 128 valence electrons. The van der Waals surface area contributed by atoms with Crippen LogP contribution in [0.4, 0.5) is 4.79 Å². The molecule has 24 heavy (non-hydrogen) atoms. The van der Waals surface area contributed by atoms with Gasteiger partial charge in [-0.05, 0) is 18.9 Å². The van der Waals surface area contributed by atoms with Crippen molar-refractivity contribution in [3.63, 3.8) is 0 Å². The minimum atomic E-state index is -0.335. The molecule has 0 aliphatic carbocycles. The van der Waals surface area contributed by atoms with Crippen LogP contribution >= 0.6 is 0 Å². The second kappa shape index (κ2) is 5.84. The van der Waals surface area contributed by atoms with E-state index in [1.54, 1.807) is 11.9 Å². The van der Waals surface area contributed by atoms with Crippen LogP contribution in [-0.2, 0) is 11.3 Å². The van der Waals surface area contributed by atoms with E-state index in [4.69, 9.17) is 0 Å². The largest absolute Gasteiger partial charge is 0.325 e. The van der Waals surface area contributed by atoms with E-state index in [0.29, 0.717) is 0 Å². The number of urea groups is 1. The molecule has 1 aromatic rings. The molecule has 0 aromatic heterocycles. The van der Waals surface area contributed by atoms with Gasteiger partial charge in [-0.25, -0.2) is 4.79 Å². The Bertz CT molecular complexity index is 661. The van der Waals surface area contributed by atoms with Crippen LogP contribution in [0, 0.1) is 6.92 Å². The number of hydrogen-bond donors (Lipinski definition) is 2. The fourth-order valence-electron chi connectivity index (χ4n) is 3.93. The van der Waals surface area contributed by atoms with E-state index >= 15 is 0 Å². The first-order valence-electron chi connectivity index (χ1n) is 8.43. The summed E-state index contributed by atoms with van der Waals surface area (Å²) in [4.78, 5) is 30.3. The summed E-state index contributed by atoms with van der Waals surface area (Å²) in [5.74, 6) is -0.199. The molecule has 2 N–H and O–H groups in total.